The summed E-state index contributed by atoms with van der Waals surface area (Å²) in [7, 11) is 0. The maximum absolute atomic E-state index is 0. The second-order valence-corrected chi connectivity index (χ2v) is 0. The Morgan fingerprint density at radius 2 is 1.00 bits per heavy atom. The summed E-state index contributed by atoms with van der Waals surface area (Å²) in [6.45, 7) is 0. The first-order valence-corrected chi connectivity index (χ1v) is 0. The second-order valence-electron chi connectivity index (χ2n) is 0. The number of hydrogen-bond acceptors (Lipinski definition) is 0. The van der Waals surface area contributed by atoms with Gasteiger partial charge in [0, 0.05) is 21.7 Å². The van der Waals surface area contributed by atoms with Crippen LogP contribution in [-0.4, -0.2) is 22.8 Å². The second kappa shape index (κ2) is 22.9. The van der Waals surface area contributed by atoms with Gasteiger partial charge in [0.25, 0.3) is 0 Å². The third kappa shape index (κ3) is 9.44. The van der Waals surface area contributed by atoms with Gasteiger partial charge in [-0.1, -0.05) is 0 Å². The number of rotatable bonds is 0. The van der Waals surface area contributed by atoms with Crippen molar-refractivity contribution in [1.29, 1.82) is 0 Å². The van der Waals surface area contributed by atoms with Gasteiger partial charge in [-0.3, -0.25) is 0 Å². The summed E-state index contributed by atoms with van der Waals surface area (Å²) in [6, 6.07) is 0. The smallest absolute Gasteiger partial charge is 0.187 e. The molecule has 0 aliphatic rings. The van der Waals surface area contributed by atoms with E-state index in [0.717, 1.165) is 0 Å². The third-order valence-corrected chi connectivity index (χ3v) is 0. The van der Waals surface area contributed by atoms with Crippen LogP contribution in [-0.2, 0) is 21.7 Å². The Morgan fingerprint density at radius 1 is 1.00 bits per heavy atom. The molecule has 0 aromatic rings. The van der Waals surface area contributed by atoms with Crippen LogP contribution >= 0.6 is 9.90 Å². The molecule has 0 heterocycles. The van der Waals surface area contributed by atoms with Gasteiger partial charge in [0.15, 0.2) is 17.4 Å². The summed E-state index contributed by atoms with van der Waals surface area (Å²) in [4.78, 5) is 0. The summed E-state index contributed by atoms with van der Waals surface area (Å²) in [6.07, 6.45) is 0. The van der Waals surface area contributed by atoms with Crippen molar-refractivity contribution in [3.05, 3.63) is 0 Å². The van der Waals surface area contributed by atoms with Crippen LogP contribution in [0.2, 0.25) is 0 Å². The van der Waals surface area contributed by atoms with Gasteiger partial charge < -0.3 is 5.48 Å². The molecular weight excluding hydrogens is 122 g/mol. The van der Waals surface area contributed by atoms with Crippen molar-refractivity contribution in [2.45, 2.75) is 0 Å². The van der Waals surface area contributed by atoms with Gasteiger partial charge >= 0.3 is 0 Å². The van der Waals surface area contributed by atoms with Crippen molar-refractivity contribution in [3.8, 4) is 0 Å². The van der Waals surface area contributed by atoms with Gasteiger partial charge in [-0.25, -0.2) is 0 Å². The fourth-order valence-corrected chi connectivity index (χ4v) is 0. The summed E-state index contributed by atoms with van der Waals surface area (Å²) in [5, 5.41) is 0. The molecule has 0 spiro atoms. The van der Waals surface area contributed by atoms with E-state index in [4.69, 9.17) is 0 Å². The van der Waals surface area contributed by atoms with Crippen LogP contribution in [0.4, 0.5) is 0 Å². The summed E-state index contributed by atoms with van der Waals surface area (Å²) in [5.41, 5.74) is 0. The van der Waals surface area contributed by atoms with Crippen LogP contribution in [0.1, 0.15) is 0 Å². The van der Waals surface area contributed by atoms with Crippen molar-refractivity contribution in [1.82, 2.24) is 0 Å². The zero-order valence-electron chi connectivity index (χ0n) is 1.71. The van der Waals surface area contributed by atoms with Gasteiger partial charge in [0.2, 0.25) is 0 Å². The molecule has 0 aliphatic heterocycles. The van der Waals surface area contributed by atoms with E-state index in [9.17, 15) is 0 Å². The standard InChI is InChI=1S/Al.H2O.H3P.Ti.3H/h;1H2;1H3;;;;. The van der Waals surface area contributed by atoms with Crippen LogP contribution in [0, 0.1) is 0 Å². The minimum atomic E-state index is 0. The number of hydrogen-bond donors (Lipinski definition) is 0. The molecular formula is H8AlOPTi. The SMILES string of the molecule is O.P.[AlH3].[Ti]. The largest absolute Gasteiger partial charge is 0.412 e. The molecule has 4 heteroatoms. The first-order chi connectivity index (χ1) is 0. The zero-order chi connectivity index (χ0) is 0. The van der Waals surface area contributed by atoms with Gasteiger partial charge in [0.05, 0.1) is 0 Å². The topological polar surface area (TPSA) is 31.5 Å². The predicted octanol–water partition coefficient (Wildman–Crippen LogP) is -1.95. The van der Waals surface area contributed by atoms with E-state index in [1.165, 1.54) is 0 Å². The first-order valence-electron chi connectivity index (χ1n) is 0. The van der Waals surface area contributed by atoms with E-state index in [1.807, 2.05) is 0 Å². The van der Waals surface area contributed by atoms with Crippen molar-refractivity contribution >= 4 is 27.3 Å². The van der Waals surface area contributed by atoms with Gasteiger partial charge in [-0.05, 0) is 0 Å². The van der Waals surface area contributed by atoms with E-state index < -0.39 is 0 Å². The molecule has 1 unspecified atom stereocenters. The van der Waals surface area contributed by atoms with Crippen LogP contribution in [0.25, 0.3) is 0 Å². The zero-order valence-corrected chi connectivity index (χ0v) is 4.68. The van der Waals surface area contributed by atoms with Crippen LogP contribution in [0.3, 0.4) is 0 Å². The molecule has 1 atom stereocenters. The van der Waals surface area contributed by atoms with Gasteiger partial charge in [-0.15, -0.1) is 0 Å². The Kier molecular flexibility index (Phi) is 259. The van der Waals surface area contributed by atoms with Crippen LogP contribution in [0.5, 0.6) is 0 Å². The molecule has 2 N–H and O–H groups in total. The molecule has 0 aromatic carbocycles. The molecule has 0 amide bonds. The fourth-order valence-electron chi connectivity index (χ4n) is 0. The third-order valence-electron chi connectivity index (χ3n) is 0. The molecule has 0 radical (unpaired) electrons. The molecule has 0 saturated carbocycles. The first kappa shape index (κ1) is 45.2. The Morgan fingerprint density at radius 3 is 1.00 bits per heavy atom. The monoisotopic (exact) mass is 130 g/mol. The summed E-state index contributed by atoms with van der Waals surface area (Å²) in [5.74, 6) is 0. The van der Waals surface area contributed by atoms with Gasteiger partial charge in [-0.2, -0.15) is 9.90 Å². The Balaban J connectivity index is 0. The van der Waals surface area contributed by atoms with Crippen LogP contribution < -0.4 is 0 Å². The molecule has 0 aromatic heterocycles. The van der Waals surface area contributed by atoms with E-state index in [-0.39, 0.29) is 54.5 Å². The fraction of sp³-hybridized carbons (Fsp3) is 0. The van der Waals surface area contributed by atoms with E-state index >= 15 is 0 Å². The Labute approximate surface area is 54.5 Å². The van der Waals surface area contributed by atoms with E-state index in [1.54, 1.807) is 0 Å². The molecule has 0 saturated heterocycles. The summed E-state index contributed by atoms with van der Waals surface area (Å²) < 4.78 is 0. The molecule has 1 nitrogen and oxygen atoms in total. The molecule has 0 rings (SSSR count). The molecule has 0 bridgehead atoms. The molecule has 4 heavy (non-hydrogen) atoms. The van der Waals surface area contributed by atoms with E-state index in [0.29, 0.717) is 0 Å². The molecule has 0 aliphatic carbocycles. The van der Waals surface area contributed by atoms with Crippen molar-refractivity contribution in [2.75, 3.05) is 0 Å². The maximum Gasteiger partial charge on any atom is 0.187 e. The minimum Gasteiger partial charge on any atom is -0.412 e. The normalized spacial score (nSPS) is 0. The average molecular weight is 130 g/mol. The average Bonchev–Trinajstić information content (AvgIpc) is 0. The minimum absolute atomic E-state index is 0. The van der Waals surface area contributed by atoms with Crippen molar-refractivity contribution in [3.63, 3.8) is 0 Å². The van der Waals surface area contributed by atoms with Crippen LogP contribution in [0.15, 0.2) is 0 Å². The quantitative estimate of drug-likeness (QED) is 0.269. The molecule has 26 valence electrons. The molecule has 0 fully saturated rings. The van der Waals surface area contributed by atoms with Crippen molar-refractivity contribution < 1.29 is 27.2 Å². The Hall–Kier alpha value is 1.64. The Bertz CT molecular complexity index is 8.00. The van der Waals surface area contributed by atoms with E-state index in [2.05, 4.69) is 0 Å². The van der Waals surface area contributed by atoms with Gasteiger partial charge in [0.1, 0.15) is 0 Å². The maximum atomic E-state index is 0. The van der Waals surface area contributed by atoms with Crippen molar-refractivity contribution in [2.24, 2.45) is 0 Å². The predicted molar refractivity (Wildman–Crippen MR) is 24.7 cm³/mol. The summed E-state index contributed by atoms with van der Waals surface area (Å²) >= 11 is 0.